The van der Waals surface area contributed by atoms with E-state index in [1.54, 1.807) is 20.9 Å². The largest absolute Gasteiger partial charge is 0.416 e. The highest BCUT2D eigenvalue weighted by Crippen LogP contribution is 2.30. The first-order chi connectivity index (χ1) is 11.4. The maximum absolute atomic E-state index is 12.5. The Morgan fingerprint density at radius 2 is 1.80 bits per heavy atom. The van der Waals surface area contributed by atoms with E-state index in [1.165, 1.54) is 4.68 Å². The highest BCUT2D eigenvalue weighted by atomic mass is 32.2. The van der Waals surface area contributed by atoms with E-state index in [2.05, 4.69) is 9.82 Å². The summed E-state index contributed by atoms with van der Waals surface area (Å²) in [4.78, 5) is 0.0228. The molecule has 0 bridgehead atoms. The van der Waals surface area contributed by atoms with E-state index >= 15 is 0 Å². The van der Waals surface area contributed by atoms with Crippen molar-refractivity contribution in [3.05, 3.63) is 46.8 Å². The first-order valence-electron chi connectivity index (χ1n) is 7.28. The fourth-order valence-electron chi connectivity index (χ4n) is 2.42. The van der Waals surface area contributed by atoms with Crippen molar-refractivity contribution in [3.8, 4) is 0 Å². The van der Waals surface area contributed by atoms with Crippen molar-refractivity contribution >= 4 is 10.0 Å². The molecular formula is C15H18F3N3O3S. The molecule has 2 rings (SSSR count). The smallest absolute Gasteiger partial charge is 0.387 e. The van der Waals surface area contributed by atoms with Crippen LogP contribution >= 0.6 is 0 Å². The zero-order valence-corrected chi connectivity index (χ0v) is 14.6. The number of hydrogen-bond acceptors (Lipinski definition) is 4. The molecule has 0 aliphatic rings. The third-order valence-corrected chi connectivity index (χ3v) is 5.48. The zero-order valence-electron chi connectivity index (χ0n) is 13.8. The fourth-order valence-corrected chi connectivity index (χ4v) is 3.89. The summed E-state index contributed by atoms with van der Waals surface area (Å²) >= 11 is 0. The third-order valence-electron chi connectivity index (χ3n) is 3.80. The molecule has 1 heterocycles. The van der Waals surface area contributed by atoms with Gasteiger partial charge in [0.2, 0.25) is 10.0 Å². The Labute approximate surface area is 143 Å². The summed E-state index contributed by atoms with van der Waals surface area (Å²) in [5.41, 5.74) is 0.0894. The number of alkyl halides is 3. The molecule has 0 unspecified atom stereocenters. The van der Waals surface area contributed by atoms with Gasteiger partial charge in [0.25, 0.3) is 0 Å². The first-order valence-corrected chi connectivity index (χ1v) is 8.77. The van der Waals surface area contributed by atoms with E-state index in [4.69, 9.17) is 0 Å². The lowest BCUT2D eigenvalue weighted by Gasteiger charge is -2.14. The lowest BCUT2D eigenvalue weighted by atomic mass is 10.1. The monoisotopic (exact) mass is 377 g/mol. The molecular weight excluding hydrogens is 359 g/mol. The van der Waals surface area contributed by atoms with Crippen LogP contribution in [0.4, 0.5) is 13.2 Å². The molecule has 1 aromatic heterocycles. The number of nitrogens with one attached hydrogen (secondary N) is 1. The quantitative estimate of drug-likeness (QED) is 0.836. The SMILES string of the molecule is Cc1nn(C)c(C)c1S(=O)(=O)NC[C@@H](O)c1ccc(C(F)(F)F)cc1. The lowest BCUT2D eigenvalue weighted by molar-refractivity contribution is -0.137. The van der Waals surface area contributed by atoms with Crippen LogP contribution < -0.4 is 4.72 Å². The number of aryl methyl sites for hydroxylation is 2. The number of aromatic nitrogens is 2. The average molecular weight is 377 g/mol. The van der Waals surface area contributed by atoms with Gasteiger partial charge in [-0.2, -0.15) is 18.3 Å². The van der Waals surface area contributed by atoms with Gasteiger partial charge in [0.05, 0.1) is 23.1 Å². The Kier molecular flexibility index (Phi) is 5.26. The Hall–Kier alpha value is -1.91. The standard InChI is InChI=1S/C15H18F3N3O3S/c1-9-14(10(2)21(3)20-9)25(23,24)19-8-13(22)11-4-6-12(7-5-11)15(16,17)18/h4-7,13,19,22H,8H2,1-3H3/t13-/m1/s1. The highest BCUT2D eigenvalue weighted by Gasteiger charge is 2.30. The van der Waals surface area contributed by atoms with Gasteiger partial charge in [-0.15, -0.1) is 0 Å². The van der Waals surface area contributed by atoms with Crippen molar-refractivity contribution in [1.82, 2.24) is 14.5 Å². The van der Waals surface area contributed by atoms with Crippen molar-refractivity contribution in [3.63, 3.8) is 0 Å². The van der Waals surface area contributed by atoms with Gasteiger partial charge in [0.15, 0.2) is 0 Å². The maximum atomic E-state index is 12.5. The summed E-state index contributed by atoms with van der Waals surface area (Å²) in [5.74, 6) is 0. The summed E-state index contributed by atoms with van der Waals surface area (Å²) in [5, 5.41) is 14.1. The molecule has 0 saturated heterocycles. The van der Waals surface area contributed by atoms with Crippen LogP contribution in [0.1, 0.15) is 28.6 Å². The zero-order chi connectivity index (χ0) is 19.0. The van der Waals surface area contributed by atoms with Crippen molar-refractivity contribution in [2.75, 3.05) is 6.54 Å². The molecule has 0 aliphatic heterocycles. The number of sulfonamides is 1. The van der Waals surface area contributed by atoms with Crippen LogP contribution in [0.15, 0.2) is 29.2 Å². The predicted octanol–water partition coefficient (Wildman–Crippen LogP) is 2.07. The molecule has 0 radical (unpaired) electrons. The molecule has 138 valence electrons. The van der Waals surface area contributed by atoms with E-state index in [9.17, 15) is 26.7 Å². The maximum Gasteiger partial charge on any atom is 0.416 e. The Morgan fingerprint density at radius 1 is 1.24 bits per heavy atom. The van der Waals surface area contributed by atoms with Crippen LogP contribution in [0, 0.1) is 13.8 Å². The third kappa shape index (κ3) is 4.20. The van der Waals surface area contributed by atoms with Gasteiger partial charge in [-0.1, -0.05) is 12.1 Å². The van der Waals surface area contributed by atoms with E-state index < -0.39 is 27.9 Å². The predicted molar refractivity (Wildman–Crippen MR) is 84.3 cm³/mol. The summed E-state index contributed by atoms with van der Waals surface area (Å²) in [6.45, 7) is 2.77. The Bertz CT molecular complexity index is 859. The molecule has 0 saturated carbocycles. The topological polar surface area (TPSA) is 84.2 Å². The van der Waals surface area contributed by atoms with Crippen molar-refractivity contribution < 1.29 is 26.7 Å². The highest BCUT2D eigenvalue weighted by molar-refractivity contribution is 7.89. The molecule has 0 spiro atoms. The number of hydrogen-bond donors (Lipinski definition) is 2. The normalized spacial score (nSPS) is 13.9. The Balaban J connectivity index is 2.12. The number of aliphatic hydroxyl groups is 1. The molecule has 6 nitrogen and oxygen atoms in total. The Morgan fingerprint density at radius 3 is 2.24 bits per heavy atom. The van der Waals surface area contributed by atoms with Gasteiger partial charge in [-0.25, -0.2) is 13.1 Å². The van der Waals surface area contributed by atoms with E-state index in [-0.39, 0.29) is 17.0 Å². The van der Waals surface area contributed by atoms with Crippen molar-refractivity contribution in [2.45, 2.75) is 31.0 Å². The molecule has 2 aromatic rings. The number of rotatable bonds is 5. The second-order valence-electron chi connectivity index (χ2n) is 5.61. The van der Waals surface area contributed by atoms with E-state index in [0.29, 0.717) is 11.4 Å². The molecule has 0 aliphatic carbocycles. The number of aliphatic hydroxyl groups excluding tert-OH is 1. The van der Waals surface area contributed by atoms with Crippen molar-refractivity contribution in [2.24, 2.45) is 7.05 Å². The van der Waals surface area contributed by atoms with Gasteiger partial charge in [-0.3, -0.25) is 4.68 Å². The molecule has 1 aromatic carbocycles. The minimum absolute atomic E-state index is 0.0228. The van der Waals surface area contributed by atoms with Gasteiger partial charge >= 0.3 is 6.18 Å². The average Bonchev–Trinajstić information content (AvgIpc) is 2.77. The van der Waals surface area contributed by atoms with Gasteiger partial charge in [-0.05, 0) is 31.5 Å². The van der Waals surface area contributed by atoms with Crippen LogP contribution in [0.25, 0.3) is 0 Å². The van der Waals surface area contributed by atoms with Crippen LogP contribution in [0.2, 0.25) is 0 Å². The molecule has 10 heteroatoms. The molecule has 2 N–H and O–H groups in total. The van der Waals surface area contributed by atoms with E-state index in [1.807, 2.05) is 0 Å². The van der Waals surface area contributed by atoms with Gasteiger partial charge in [0, 0.05) is 13.6 Å². The van der Waals surface area contributed by atoms with Gasteiger partial charge < -0.3 is 5.11 Å². The number of benzene rings is 1. The van der Waals surface area contributed by atoms with Crippen LogP contribution in [0.5, 0.6) is 0 Å². The molecule has 25 heavy (non-hydrogen) atoms. The van der Waals surface area contributed by atoms with Crippen LogP contribution in [-0.4, -0.2) is 29.8 Å². The summed E-state index contributed by atoms with van der Waals surface area (Å²) in [7, 11) is -2.30. The van der Waals surface area contributed by atoms with Crippen molar-refractivity contribution in [1.29, 1.82) is 0 Å². The molecule has 1 atom stereocenters. The second-order valence-corrected chi connectivity index (χ2v) is 7.31. The summed E-state index contributed by atoms with van der Waals surface area (Å²) in [6.07, 6.45) is -5.75. The number of nitrogens with zero attached hydrogens (tertiary/aromatic N) is 2. The van der Waals surface area contributed by atoms with Crippen LogP contribution in [-0.2, 0) is 23.2 Å². The summed E-state index contributed by atoms with van der Waals surface area (Å²) < 4.78 is 66.0. The molecule has 0 amide bonds. The van der Waals surface area contributed by atoms with Crippen LogP contribution in [0.3, 0.4) is 0 Å². The molecule has 0 fully saturated rings. The minimum atomic E-state index is -4.47. The number of halogens is 3. The van der Waals surface area contributed by atoms with Gasteiger partial charge in [0.1, 0.15) is 4.90 Å². The lowest BCUT2D eigenvalue weighted by Crippen LogP contribution is -2.29. The fraction of sp³-hybridized carbons (Fsp3) is 0.400. The first kappa shape index (κ1) is 19.4. The summed E-state index contributed by atoms with van der Waals surface area (Å²) in [6, 6.07) is 3.90. The van der Waals surface area contributed by atoms with E-state index in [0.717, 1.165) is 24.3 Å². The minimum Gasteiger partial charge on any atom is -0.387 e. The second kappa shape index (κ2) is 6.77.